The first kappa shape index (κ1) is 25.9. The molecule has 0 aliphatic heterocycles. The Labute approximate surface area is 174 Å². The molecule has 0 aliphatic carbocycles. The van der Waals surface area contributed by atoms with Gasteiger partial charge in [0.2, 0.25) is 0 Å². The highest BCUT2D eigenvalue weighted by molar-refractivity contribution is 6.00. The van der Waals surface area contributed by atoms with E-state index < -0.39 is 40.7 Å². The number of benzene rings is 1. The first-order valence-electron chi connectivity index (χ1n) is 10.4. The number of rotatable bonds is 12. The molecule has 1 aromatic rings. The van der Waals surface area contributed by atoms with Gasteiger partial charge in [-0.1, -0.05) is 58.9 Å². The van der Waals surface area contributed by atoms with E-state index in [1.807, 2.05) is 0 Å². The number of unbranched alkanes of at least 4 members (excludes halogenated alkanes) is 5. The highest BCUT2D eigenvalue weighted by atomic mass is 19.4. The van der Waals surface area contributed by atoms with Gasteiger partial charge in [0, 0.05) is 0 Å². The number of alkyl halides is 3. The van der Waals surface area contributed by atoms with E-state index in [1.54, 1.807) is 13.8 Å². The van der Waals surface area contributed by atoms with E-state index in [4.69, 9.17) is 9.47 Å². The summed E-state index contributed by atoms with van der Waals surface area (Å²) in [5.74, 6) is -4.50. The van der Waals surface area contributed by atoms with Crippen LogP contribution in [0.2, 0.25) is 0 Å². The van der Waals surface area contributed by atoms with Crippen molar-refractivity contribution in [1.82, 2.24) is 0 Å². The molecule has 0 heterocycles. The van der Waals surface area contributed by atoms with E-state index in [0.29, 0.717) is 12.5 Å². The third-order valence-corrected chi connectivity index (χ3v) is 5.19. The number of halogens is 4. The van der Waals surface area contributed by atoms with Crippen LogP contribution in [0.5, 0.6) is 5.75 Å². The van der Waals surface area contributed by atoms with Crippen molar-refractivity contribution in [2.24, 2.45) is 5.41 Å². The van der Waals surface area contributed by atoms with Gasteiger partial charge in [0.15, 0.2) is 17.0 Å². The molecule has 0 N–H and O–H groups in total. The third-order valence-electron chi connectivity index (χ3n) is 5.19. The van der Waals surface area contributed by atoms with E-state index in [0.717, 1.165) is 44.2 Å². The molecule has 0 bridgehead atoms. The van der Waals surface area contributed by atoms with E-state index in [1.165, 1.54) is 0 Å². The molecule has 0 aliphatic rings. The standard InChI is InChI=1S/C22H30F4O4/c1-4-7-8-9-10-11-15-29-19(27)21(5-2,6-3)20(28)30-17-14-12-13-16(18(17)23)22(24,25)26/h12-14H,4-11,15H2,1-3H3. The molecule has 8 heteroatoms. The predicted molar refractivity (Wildman–Crippen MR) is 104 cm³/mol. The number of hydrogen-bond acceptors (Lipinski definition) is 4. The maximum atomic E-state index is 14.2. The molecule has 0 fully saturated rings. The van der Waals surface area contributed by atoms with Crippen LogP contribution in [0.4, 0.5) is 17.6 Å². The molecule has 0 atom stereocenters. The van der Waals surface area contributed by atoms with Crippen LogP contribution >= 0.6 is 0 Å². The minimum Gasteiger partial charge on any atom is -0.465 e. The lowest BCUT2D eigenvalue weighted by molar-refractivity contribution is -0.168. The summed E-state index contributed by atoms with van der Waals surface area (Å²) in [4.78, 5) is 25.3. The highest BCUT2D eigenvalue weighted by Crippen LogP contribution is 2.36. The molecular weight excluding hydrogens is 404 g/mol. The van der Waals surface area contributed by atoms with Crippen LogP contribution in [-0.2, 0) is 20.5 Å². The molecule has 30 heavy (non-hydrogen) atoms. The summed E-state index contributed by atoms with van der Waals surface area (Å²) >= 11 is 0. The van der Waals surface area contributed by atoms with Crippen molar-refractivity contribution in [3.05, 3.63) is 29.6 Å². The molecule has 1 rings (SSSR count). The van der Waals surface area contributed by atoms with Crippen molar-refractivity contribution in [1.29, 1.82) is 0 Å². The largest absolute Gasteiger partial charge is 0.465 e. The molecule has 0 amide bonds. The van der Waals surface area contributed by atoms with Gasteiger partial charge in [0.1, 0.15) is 0 Å². The molecule has 0 spiro atoms. The summed E-state index contributed by atoms with van der Waals surface area (Å²) in [6.07, 6.45) is 1.02. The molecule has 0 aromatic heterocycles. The van der Waals surface area contributed by atoms with E-state index in [9.17, 15) is 27.2 Å². The minimum absolute atomic E-state index is 0.0122. The van der Waals surface area contributed by atoms with Gasteiger partial charge in [-0.3, -0.25) is 9.59 Å². The van der Waals surface area contributed by atoms with Crippen LogP contribution in [-0.4, -0.2) is 18.5 Å². The SMILES string of the molecule is CCCCCCCCOC(=O)C(CC)(CC)C(=O)Oc1cccc(C(F)(F)F)c1F. The summed E-state index contributed by atoms with van der Waals surface area (Å²) in [6, 6.07) is 2.40. The van der Waals surface area contributed by atoms with E-state index >= 15 is 0 Å². The molecule has 1 aromatic carbocycles. The Morgan fingerprint density at radius 2 is 1.50 bits per heavy atom. The number of ether oxygens (including phenoxy) is 2. The zero-order valence-corrected chi connectivity index (χ0v) is 17.7. The maximum Gasteiger partial charge on any atom is 0.419 e. The number of carbonyl (C=O) groups excluding carboxylic acids is 2. The van der Waals surface area contributed by atoms with Gasteiger partial charge >= 0.3 is 18.1 Å². The van der Waals surface area contributed by atoms with Crippen molar-refractivity contribution in [3.63, 3.8) is 0 Å². The molecule has 0 radical (unpaired) electrons. The molecule has 170 valence electrons. The normalized spacial score (nSPS) is 12.0. The van der Waals surface area contributed by atoms with Crippen LogP contribution in [0, 0.1) is 11.2 Å². The number of hydrogen-bond donors (Lipinski definition) is 0. The Kier molecular flexibility index (Phi) is 10.3. The van der Waals surface area contributed by atoms with Gasteiger partial charge in [0.05, 0.1) is 12.2 Å². The summed E-state index contributed by atoms with van der Waals surface area (Å²) < 4.78 is 63.0. The lowest BCUT2D eigenvalue weighted by Gasteiger charge is -2.27. The fourth-order valence-corrected chi connectivity index (χ4v) is 3.10. The van der Waals surface area contributed by atoms with Crippen molar-refractivity contribution in [3.8, 4) is 5.75 Å². The molecule has 4 nitrogen and oxygen atoms in total. The minimum atomic E-state index is -4.94. The summed E-state index contributed by atoms with van der Waals surface area (Å²) in [5.41, 5.74) is -3.25. The monoisotopic (exact) mass is 434 g/mol. The molecule has 0 saturated heterocycles. The van der Waals surface area contributed by atoms with Crippen molar-refractivity contribution < 1.29 is 36.6 Å². The fraction of sp³-hybridized carbons (Fsp3) is 0.636. The van der Waals surface area contributed by atoms with Gasteiger partial charge < -0.3 is 9.47 Å². The first-order chi connectivity index (χ1) is 14.1. The Morgan fingerprint density at radius 3 is 2.07 bits per heavy atom. The van der Waals surface area contributed by atoms with Gasteiger partial charge in [0.25, 0.3) is 0 Å². The second-order valence-corrected chi connectivity index (χ2v) is 7.20. The van der Waals surface area contributed by atoms with Gasteiger partial charge in [-0.15, -0.1) is 0 Å². The molecular formula is C22H30F4O4. The first-order valence-corrected chi connectivity index (χ1v) is 10.4. The zero-order valence-electron chi connectivity index (χ0n) is 17.7. The highest BCUT2D eigenvalue weighted by Gasteiger charge is 2.47. The third kappa shape index (κ3) is 6.71. The maximum absolute atomic E-state index is 14.2. The van der Waals surface area contributed by atoms with Crippen LogP contribution in [0.3, 0.4) is 0 Å². The summed E-state index contributed by atoms with van der Waals surface area (Å²) in [6.45, 7) is 5.39. The molecule has 0 saturated carbocycles. The van der Waals surface area contributed by atoms with Gasteiger partial charge in [-0.25, -0.2) is 4.39 Å². The number of esters is 2. The van der Waals surface area contributed by atoms with Crippen molar-refractivity contribution in [2.45, 2.75) is 78.3 Å². The predicted octanol–water partition coefficient (Wildman–Crippen LogP) is 6.46. The Morgan fingerprint density at radius 1 is 0.900 bits per heavy atom. The number of carbonyl (C=O) groups is 2. The molecule has 0 unspecified atom stereocenters. The fourth-order valence-electron chi connectivity index (χ4n) is 3.10. The topological polar surface area (TPSA) is 52.6 Å². The summed E-state index contributed by atoms with van der Waals surface area (Å²) in [5, 5.41) is 0. The van der Waals surface area contributed by atoms with Crippen LogP contribution in [0.1, 0.15) is 77.7 Å². The average molecular weight is 434 g/mol. The Balaban J connectivity index is 2.83. The zero-order chi connectivity index (χ0) is 22.8. The van der Waals surface area contributed by atoms with Crippen LogP contribution in [0.25, 0.3) is 0 Å². The van der Waals surface area contributed by atoms with Crippen molar-refractivity contribution >= 4 is 11.9 Å². The van der Waals surface area contributed by atoms with Gasteiger partial charge in [-0.05, 0) is 31.4 Å². The second kappa shape index (κ2) is 11.9. The van der Waals surface area contributed by atoms with Crippen molar-refractivity contribution in [2.75, 3.05) is 6.61 Å². The van der Waals surface area contributed by atoms with E-state index in [-0.39, 0.29) is 19.4 Å². The summed E-state index contributed by atoms with van der Waals surface area (Å²) in [7, 11) is 0. The van der Waals surface area contributed by atoms with Crippen LogP contribution < -0.4 is 4.74 Å². The lowest BCUT2D eigenvalue weighted by Crippen LogP contribution is -2.42. The lowest BCUT2D eigenvalue weighted by atomic mass is 9.82. The van der Waals surface area contributed by atoms with E-state index in [2.05, 4.69) is 6.92 Å². The quantitative estimate of drug-likeness (QED) is 0.125. The smallest absolute Gasteiger partial charge is 0.419 e. The Bertz CT molecular complexity index is 697. The van der Waals surface area contributed by atoms with Crippen LogP contribution in [0.15, 0.2) is 18.2 Å². The van der Waals surface area contributed by atoms with Gasteiger partial charge in [-0.2, -0.15) is 13.2 Å². The average Bonchev–Trinajstić information content (AvgIpc) is 2.69. The second-order valence-electron chi connectivity index (χ2n) is 7.20. The Hall–Kier alpha value is -2.12.